The minimum Gasteiger partial charge on any atom is -0.337 e. The van der Waals surface area contributed by atoms with Gasteiger partial charge in [0.05, 0.1) is 17.5 Å². The quantitative estimate of drug-likeness (QED) is 0.701. The third-order valence-electron chi connectivity index (χ3n) is 5.02. The van der Waals surface area contributed by atoms with E-state index in [0.29, 0.717) is 23.4 Å². The van der Waals surface area contributed by atoms with Gasteiger partial charge in [-0.05, 0) is 44.0 Å². The molecule has 0 aliphatic heterocycles. The molecule has 6 heteroatoms. The van der Waals surface area contributed by atoms with Crippen LogP contribution in [0.4, 0.5) is 0 Å². The number of nitriles is 1. The molecule has 3 aromatic rings. The molecule has 0 saturated carbocycles. The highest BCUT2D eigenvalue weighted by molar-refractivity contribution is 5.95. The van der Waals surface area contributed by atoms with Crippen LogP contribution < -0.4 is 0 Å². The molecular weight excluding hydrogens is 350 g/mol. The van der Waals surface area contributed by atoms with Crippen molar-refractivity contribution in [2.75, 3.05) is 7.05 Å². The van der Waals surface area contributed by atoms with Gasteiger partial charge in [-0.2, -0.15) is 10.4 Å². The fraction of sp³-hybridized carbons (Fsp3) is 0.273. The number of carbonyl (C=O) groups excluding carboxylic acids is 1. The Labute approximate surface area is 165 Å². The normalized spacial score (nSPS) is 10.6. The summed E-state index contributed by atoms with van der Waals surface area (Å²) < 4.78 is 1.71. The first-order chi connectivity index (χ1) is 13.3. The largest absolute Gasteiger partial charge is 0.337 e. The maximum absolute atomic E-state index is 12.9. The van der Waals surface area contributed by atoms with Gasteiger partial charge in [0.2, 0.25) is 0 Å². The Morgan fingerprint density at radius 2 is 2.00 bits per heavy atom. The number of nitrogens with zero attached hydrogens (tertiary/aromatic N) is 5. The van der Waals surface area contributed by atoms with Gasteiger partial charge in [-0.3, -0.25) is 14.5 Å². The molecule has 0 aliphatic carbocycles. The van der Waals surface area contributed by atoms with Crippen LogP contribution in [0.2, 0.25) is 0 Å². The van der Waals surface area contributed by atoms with Gasteiger partial charge in [0.25, 0.3) is 5.91 Å². The summed E-state index contributed by atoms with van der Waals surface area (Å²) in [6.07, 6.45) is 3.64. The molecule has 0 aliphatic rings. The maximum atomic E-state index is 12.9. The Kier molecular flexibility index (Phi) is 5.27. The van der Waals surface area contributed by atoms with Crippen molar-refractivity contribution in [3.63, 3.8) is 0 Å². The van der Waals surface area contributed by atoms with E-state index in [9.17, 15) is 10.1 Å². The number of carbonyl (C=O) groups is 1. The van der Waals surface area contributed by atoms with Crippen LogP contribution in [0.5, 0.6) is 0 Å². The van der Waals surface area contributed by atoms with Crippen molar-refractivity contribution >= 4 is 5.91 Å². The number of hydrogen-bond acceptors (Lipinski definition) is 4. The number of pyridine rings is 1. The van der Waals surface area contributed by atoms with Gasteiger partial charge >= 0.3 is 0 Å². The number of aryl methyl sites for hydroxylation is 2. The topological polar surface area (TPSA) is 74.8 Å². The summed E-state index contributed by atoms with van der Waals surface area (Å²) in [4.78, 5) is 19.2. The van der Waals surface area contributed by atoms with Gasteiger partial charge in [0.15, 0.2) is 0 Å². The lowest BCUT2D eigenvalue weighted by Gasteiger charge is -2.17. The van der Waals surface area contributed by atoms with E-state index in [1.54, 1.807) is 35.0 Å². The average Bonchev–Trinajstić information content (AvgIpc) is 3.10. The zero-order valence-corrected chi connectivity index (χ0v) is 16.8. The van der Waals surface area contributed by atoms with Crippen LogP contribution in [-0.4, -0.2) is 32.6 Å². The molecule has 2 aromatic heterocycles. The number of rotatable bonds is 4. The lowest BCUT2D eigenvalue weighted by Crippen LogP contribution is -2.26. The molecule has 0 unspecified atom stereocenters. The number of benzene rings is 1. The standard InChI is InChI=1S/C22H23N5O/c1-14-15(2)20(10-23)21(25-16(14)3)18-7-6-8-19(9-18)22(28)26(4)12-17-11-24-27(5)13-17/h6-9,11,13H,12H2,1-5H3. The van der Waals surface area contributed by atoms with Gasteiger partial charge in [-0.15, -0.1) is 0 Å². The van der Waals surface area contributed by atoms with E-state index >= 15 is 0 Å². The van der Waals surface area contributed by atoms with Crippen LogP contribution in [0.25, 0.3) is 11.3 Å². The van der Waals surface area contributed by atoms with Crippen molar-refractivity contribution in [2.45, 2.75) is 27.3 Å². The summed E-state index contributed by atoms with van der Waals surface area (Å²) in [5.74, 6) is -0.0928. The van der Waals surface area contributed by atoms with Gasteiger partial charge in [-0.1, -0.05) is 12.1 Å². The minimum absolute atomic E-state index is 0.0928. The number of aromatic nitrogens is 3. The van der Waals surface area contributed by atoms with Crippen LogP contribution in [-0.2, 0) is 13.6 Å². The molecule has 1 amide bonds. The lowest BCUT2D eigenvalue weighted by atomic mass is 9.96. The second kappa shape index (κ2) is 7.65. The van der Waals surface area contributed by atoms with Crippen molar-refractivity contribution in [3.05, 3.63) is 70.2 Å². The maximum Gasteiger partial charge on any atom is 0.253 e. The van der Waals surface area contributed by atoms with E-state index in [-0.39, 0.29) is 5.91 Å². The van der Waals surface area contributed by atoms with Crippen LogP contribution in [0.1, 0.15) is 38.3 Å². The Bertz CT molecular complexity index is 1090. The van der Waals surface area contributed by atoms with Crippen molar-refractivity contribution < 1.29 is 4.79 Å². The van der Waals surface area contributed by atoms with E-state index in [1.165, 1.54) is 0 Å². The Morgan fingerprint density at radius 3 is 2.64 bits per heavy atom. The molecule has 0 spiro atoms. The summed E-state index contributed by atoms with van der Waals surface area (Å²) in [5.41, 5.74) is 6.29. The van der Waals surface area contributed by atoms with Crippen LogP contribution in [0.3, 0.4) is 0 Å². The predicted molar refractivity (Wildman–Crippen MR) is 108 cm³/mol. The van der Waals surface area contributed by atoms with Crippen LogP contribution >= 0.6 is 0 Å². The smallest absolute Gasteiger partial charge is 0.253 e. The molecule has 0 bridgehead atoms. The van der Waals surface area contributed by atoms with E-state index < -0.39 is 0 Å². The van der Waals surface area contributed by atoms with Crippen molar-refractivity contribution in [1.29, 1.82) is 5.26 Å². The lowest BCUT2D eigenvalue weighted by molar-refractivity contribution is 0.0785. The van der Waals surface area contributed by atoms with E-state index in [4.69, 9.17) is 0 Å². The molecule has 142 valence electrons. The number of amides is 1. The number of hydrogen-bond donors (Lipinski definition) is 0. The fourth-order valence-electron chi connectivity index (χ4n) is 3.21. The second-order valence-corrected chi connectivity index (χ2v) is 7.05. The van der Waals surface area contributed by atoms with E-state index in [0.717, 1.165) is 27.9 Å². The van der Waals surface area contributed by atoms with Gasteiger partial charge in [0.1, 0.15) is 6.07 Å². The summed E-state index contributed by atoms with van der Waals surface area (Å²) >= 11 is 0. The molecule has 0 fully saturated rings. The first-order valence-corrected chi connectivity index (χ1v) is 9.03. The molecule has 0 atom stereocenters. The van der Waals surface area contributed by atoms with Crippen molar-refractivity contribution in [2.24, 2.45) is 7.05 Å². The molecule has 0 N–H and O–H groups in total. The van der Waals surface area contributed by atoms with Gasteiger partial charge < -0.3 is 4.90 Å². The average molecular weight is 373 g/mol. The van der Waals surface area contributed by atoms with Gasteiger partial charge in [0, 0.05) is 49.2 Å². The molecule has 0 radical (unpaired) electrons. The van der Waals surface area contributed by atoms with E-state index in [1.807, 2.05) is 46.1 Å². The summed E-state index contributed by atoms with van der Waals surface area (Å²) in [6.45, 7) is 6.31. The third-order valence-corrected chi connectivity index (χ3v) is 5.02. The van der Waals surface area contributed by atoms with Crippen molar-refractivity contribution in [3.8, 4) is 17.3 Å². The SMILES string of the molecule is Cc1nc(-c2cccc(C(=O)N(C)Cc3cnn(C)c3)c2)c(C#N)c(C)c1C. The molecule has 2 heterocycles. The fourth-order valence-corrected chi connectivity index (χ4v) is 3.21. The minimum atomic E-state index is -0.0928. The van der Waals surface area contributed by atoms with Gasteiger partial charge in [-0.25, -0.2) is 0 Å². The molecule has 0 saturated heterocycles. The highest BCUT2D eigenvalue weighted by Crippen LogP contribution is 2.28. The van der Waals surface area contributed by atoms with Crippen molar-refractivity contribution in [1.82, 2.24) is 19.7 Å². The third kappa shape index (κ3) is 3.65. The molecule has 1 aromatic carbocycles. The zero-order chi connectivity index (χ0) is 20.4. The monoisotopic (exact) mass is 373 g/mol. The first-order valence-electron chi connectivity index (χ1n) is 9.03. The highest BCUT2D eigenvalue weighted by atomic mass is 16.2. The highest BCUT2D eigenvalue weighted by Gasteiger charge is 2.17. The molecule has 6 nitrogen and oxygen atoms in total. The summed E-state index contributed by atoms with van der Waals surface area (Å²) in [7, 11) is 3.61. The predicted octanol–water partition coefficient (Wildman–Crippen LogP) is 3.55. The first kappa shape index (κ1) is 19.3. The zero-order valence-electron chi connectivity index (χ0n) is 16.8. The Morgan fingerprint density at radius 1 is 1.25 bits per heavy atom. The Balaban J connectivity index is 1.95. The second-order valence-electron chi connectivity index (χ2n) is 7.05. The molecule has 28 heavy (non-hydrogen) atoms. The molecular formula is C22H23N5O. The Hall–Kier alpha value is -3.46. The van der Waals surface area contributed by atoms with Crippen LogP contribution in [0.15, 0.2) is 36.7 Å². The van der Waals surface area contributed by atoms with Crippen LogP contribution in [0, 0.1) is 32.1 Å². The summed E-state index contributed by atoms with van der Waals surface area (Å²) in [6, 6.07) is 9.57. The summed E-state index contributed by atoms with van der Waals surface area (Å²) in [5, 5.41) is 13.8. The molecule has 3 rings (SSSR count). The van der Waals surface area contributed by atoms with E-state index in [2.05, 4.69) is 16.2 Å².